The molecule has 2 aliphatic carbocycles. The van der Waals surface area contributed by atoms with E-state index in [0.29, 0.717) is 12.1 Å². The normalized spacial score (nSPS) is 20.0. The molecule has 2 aromatic heterocycles. The van der Waals surface area contributed by atoms with E-state index in [1.54, 1.807) is 4.57 Å². The lowest BCUT2D eigenvalue weighted by atomic mass is 9.90. The Labute approximate surface area is 162 Å². The van der Waals surface area contributed by atoms with Crippen molar-refractivity contribution in [3.05, 3.63) is 91.1 Å². The monoisotopic (exact) mass is 423 g/mol. The Morgan fingerprint density at radius 1 is 1.11 bits per heavy atom. The van der Waals surface area contributed by atoms with Crippen molar-refractivity contribution >= 4 is 26.9 Å². The predicted molar refractivity (Wildman–Crippen MR) is 106 cm³/mol. The van der Waals surface area contributed by atoms with Crippen molar-refractivity contribution in [1.82, 2.24) is 4.57 Å². The van der Waals surface area contributed by atoms with E-state index < -0.39 is 11.2 Å². The highest BCUT2D eigenvalue weighted by Crippen LogP contribution is 2.45. The van der Waals surface area contributed by atoms with Gasteiger partial charge in [-0.3, -0.25) is 9.36 Å². The molecule has 27 heavy (non-hydrogen) atoms. The lowest BCUT2D eigenvalue weighted by Gasteiger charge is -2.20. The van der Waals surface area contributed by atoms with Gasteiger partial charge >= 0.3 is 5.63 Å². The highest BCUT2D eigenvalue weighted by atomic mass is 79.9. The van der Waals surface area contributed by atoms with Crippen LogP contribution in [0, 0.1) is 5.92 Å². The molecule has 5 rings (SSSR count). The SMILES string of the molecule is O=c1oc2c3c(n(-c4ccccc4)c(=O)c2c(O)c1Br)C1C=CC=CC1C3. The molecule has 0 amide bonds. The van der Waals surface area contributed by atoms with Crippen LogP contribution >= 0.6 is 15.9 Å². The van der Waals surface area contributed by atoms with E-state index in [2.05, 4.69) is 28.1 Å². The molecule has 1 N–H and O–H groups in total. The summed E-state index contributed by atoms with van der Waals surface area (Å²) in [5, 5.41) is 10.6. The van der Waals surface area contributed by atoms with Gasteiger partial charge in [0.25, 0.3) is 5.56 Å². The van der Waals surface area contributed by atoms with Crippen molar-refractivity contribution in [3.63, 3.8) is 0 Å². The molecule has 0 fully saturated rings. The molecule has 1 aromatic carbocycles. The largest absolute Gasteiger partial charge is 0.506 e. The number of aromatic nitrogens is 1. The summed E-state index contributed by atoms with van der Waals surface area (Å²) in [6.07, 6.45) is 8.76. The van der Waals surface area contributed by atoms with Crippen LogP contribution in [0.15, 0.2) is 73.1 Å². The molecule has 2 heterocycles. The molecule has 0 saturated carbocycles. The molecular formula is C21H14BrNO4. The Morgan fingerprint density at radius 2 is 1.85 bits per heavy atom. The van der Waals surface area contributed by atoms with Crippen LogP contribution in [0.3, 0.4) is 0 Å². The quantitative estimate of drug-likeness (QED) is 0.645. The first-order chi connectivity index (χ1) is 13.1. The maximum Gasteiger partial charge on any atom is 0.354 e. The molecule has 134 valence electrons. The molecule has 0 spiro atoms. The van der Waals surface area contributed by atoms with Crippen LogP contribution in [0.25, 0.3) is 16.7 Å². The van der Waals surface area contributed by atoms with Crippen LogP contribution in [0.4, 0.5) is 0 Å². The summed E-state index contributed by atoms with van der Waals surface area (Å²) in [5.74, 6) is -0.181. The molecule has 6 heteroatoms. The fraction of sp³-hybridized carbons (Fsp3) is 0.143. The molecule has 2 atom stereocenters. The molecular weight excluding hydrogens is 410 g/mol. The summed E-state index contributed by atoms with van der Waals surface area (Å²) in [6, 6.07) is 9.32. The molecule has 2 aliphatic rings. The van der Waals surface area contributed by atoms with Gasteiger partial charge in [-0.05, 0) is 40.4 Å². The number of pyridine rings is 1. The average Bonchev–Trinajstić information content (AvgIpc) is 3.06. The maximum absolute atomic E-state index is 13.4. The minimum atomic E-state index is -0.694. The topological polar surface area (TPSA) is 72.4 Å². The van der Waals surface area contributed by atoms with E-state index in [0.717, 1.165) is 11.3 Å². The van der Waals surface area contributed by atoms with Crippen molar-refractivity contribution in [3.8, 4) is 11.4 Å². The number of halogens is 1. The van der Waals surface area contributed by atoms with Gasteiger partial charge in [0, 0.05) is 22.9 Å². The lowest BCUT2D eigenvalue weighted by molar-refractivity contribution is 0.461. The van der Waals surface area contributed by atoms with Gasteiger partial charge in [-0.1, -0.05) is 42.5 Å². The van der Waals surface area contributed by atoms with Crippen molar-refractivity contribution in [2.45, 2.75) is 12.3 Å². The van der Waals surface area contributed by atoms with E-state index in [1.807, 2.05) is 42.5 Å². The molecule has 0 saturated heterocycles. The van der Waals surface area contributed by atoms with Crippen LogP contribution in [-0.4, -0.2) is 9.67 Å². The lowest BCUT2D eigenvalue weighted by Crippen LogP contribution is -2.25. The van der Waals surface area contributed by atoms with Gasteiger partial charge in [0.15, 0.2) is 11.3 Å². The minimum absolute atomic E-state index is 0.0124. The third-order valence-electron chi connectivity index (χ3n) is 5.31. The first-order valence-electron chi connectivity index (χ1n) is 8.61. The number of allylic oxidation sites excluding steroid dienone is 4. The van der Waals surface area contributed by atoms with E-state index in [4.69, 9.17) is 4.42 Å². The Balaban J connectivity index is 2.00. The maximum atomic E-state index is 13.4. The molecule has 0 aliphatic heterocycles. The van der Waals surface area contributed by atoms with Gasteiger partial charge in [-0.25, -0.2) is 4.79 Å². The first-order valence-corrected chi connectivity index (χ1v) is 9.40. The van der Waals surface area contributed by atoms with Gasteiger partial charge in [0.05, 0.1) is 0 Å². The van der Waals surface area contributed by atoms with Crippen LogP contribution in [0.2, 0.25) is 0 Å². The van der Waals surface area contributed by atoms with Crippen molar-refractivity contribution in [2.24, 2.45) is 5.92 Å². The molecule has 5 nitrogen and oxygen atoms in total. The summed E-state index contributed by atoms with van der Waals surface area (Å²) >= 11 is 3.03. The van der Waals surface area contributed by atoms with Crippen LogP contribution in [-0.2, 0) is 6.42 Å². The number of rotatable bonds is 1. The van der Waals surface area contributed by atoms with Crippen molar-refractivity contribution in [2.75, 3.05) is 0 Å². The zero-order valence-corrected chi connectivity index (χ0v) is 15.6. The zero-order valence-electron chi connectivity index (χ0n) is 14.1. The second-order valence-electron chi connectivity index (χ2n) is 6.76. The number of aromatic hydroxyl groups is 1. The second kappa shape index (κ2) is 5.82. The molecule has 0 radical (unpaired) electrons. The number of hydrogen-bond acceptors (Lipinski definition) is 4. The first kappa shape index (κ1) is 16.3. The van der Waals surface area contributed by atoms with E-state index in [1.165, 1.54) is 0 Å². The molecule has 3 aromatic rings. The highest BCUT2D eigenvalue weighted by Gasteiger charge is 2.37. The Morgan fingerprint density at radius 3 is 2.63 bits per heavy atom. The van der Waals surface area contributed by atoms with E-state index in [9.17, 15) is 14.7 Å². The number of benzene rings is 1. The summed E-state index contributed by atoms with van der Waals surface area (Å²) < 4.78 is 6.97. The fourth-order valence-electron chi connectivity index (χ4n) is 4.14. The van der Waals surface area contributed by atoms with Crippen molar-refractivity contribution in [1.29, 1.82) is 0 Å². The smallest absolute Gasteiger partial charge is 0.354 e. The number of fused-ring (bicyclic) bond motifs is 5. The van der Waals surface area contributed by atoms with Crippen molar-refractivity contribution < 1.29 is 9.52 Å². The van der Waals surface area contributed by atoms with Gasteiger partial charge in [0.1, 0.15) is 9.86 Å². The van der Waals surface area contributed by atoms with E-state index in [-0.39, 0.29) is 33.0 Å². The average molecular weight is 424 g/mol. The highest BCUT2D eigenvalue weighted by molar-refractivity contribution is 9.10. The second-order valence-corrected chi connectivity index (χ2v) is 7.55. The van der Waals surface area contributed by atoms with Crippen LogP contribution in [0.5, 0.6) is 5.75 Å². The van der Waals surface area contributed by atoms with Gasteiger partial charge < -0.3 is 9.52 Å². The Kier molecular flexibility index (Phi) is 3.52. The number of hydrogen-bond donors (Lipinski definition) is 1. The van der Waals surface area contributed by atoms with Crippen LogP contribution in [0.1, 0.15) is 17.2 Å². The van der Waals surface area contributed by atoms with Crippen LogP contribution < -0.4 is 11.2 Å². The summed E-state index contributed by atoms with van der Waals surface area (Å²) in [4.78, 5) is 25.5. The van der Waals surface area contributed by atoms with E-state index >= 15 is 0 Å². The summed E-state index contributed by atoms with van der Waals surface area (Å²) in [6.45, 7) is 0. The number of nitrogens with zero attached hydrogens (tertiary/aromatic N) is 1. The number of para-hydroxylation sites is 1. The molecule has 0 bridgehead atoms. The summed E-state index contributed by atoms with van der Waals surface area (Å²) in [5.41, 5.74) is 1.41. The third kappa shape index (κ3) is 2.23. The minimum Gasteiger partial charge on any atom is -0.506 e. The summed E-state index contributed by atoms with van der Waals surface area (Å²) in [7, 11) is 0. The third-order valence-corrected chi connectivity index (χ3v) is 6.01. The Hall–Kier alpha value is -2.86. The fourth-order valence-corrected chi connectivity index (χ4v) is 4.42. The Bertz CT molecular complexity index is 1270. The van der Waals surface area contributed by atoms with Gasteiger partial charge in [0.2, 0.25) is 0 Å². The van der Waals surface area contributed by atoms with Gasteiger partial charge in [-0.15, -0.1) is 0 Å². The predicted octanol–water partition coefficient (Wildman–Crippen LogP) is 3.79. The zero-order chi connectivity index (χ0) is 18.7. The standard InChI is InChI=1S/C21H14BrNO4/c22-16-18(24)15-19(27-21(16)26)14-10-11-6-4-5-9-13(11)17(14)23(20(15)25)12-7-2-1-3-8-12/h1-9,11,13,24H,10H2. The van der Waals surface area contributed by atoms with Gasteiger partial charge in [-0.2, -0.15) is 0 Å². The molecule has 2 unspecified atom stereocenters.